The van der Waals surface area contributed by atoms with Gasteiger partial charge in [-0.05, 0) is 50.6 Å². The molecule has 0 aliphatic heterocycles. The highest BCUT2D eigenvalue weighted by atomic mass is 35.5. The zero-order valence-electron chi connectivity index (χ0n) is 15.9. The number of esters is 1. The number of nitrogens with zero attached hydrogens (tertiary/aromatic N) is 3. The molecule has 148 valence electrons. The lowest BCUT2D eigenvalue weighted by atomic mass is 10.2. The second-order valence-electron chi connectivity index (χ2n) is 6.09. The molecule has 7 nitrogen and oxygen atoms in total. The lowest BCUT2D eigenvalue weighted by Crippen LogP contribution is -2.17. The highest BCUT2D eigenvalue weighted by Gasteiger charge is 2.21. The van der Waals surface area contributed by atoms with Gasteiger partial charge in [0.15, 0.2) is 0 Å². The van der Waals surface area contributed by atoms with E-state index in [0.717, 1.165) is 11.3 Å². The van der Waals surface area contributed by atoms with E-state index in [-0.39, 0.29) is 12.2 Å². The van der Waals surface area contributed by atoms with Crippen LogP contribution in [-0.4, -0.2) is 28.6 Å². The van der Waals surface area contributed by atoms with Crippen molar-refractivity contribution in [2.45, 2.75) is 20.8 Å². The summed E-state index contributed by atoms with van der Waals surface area (Å²) in [5.41, 5.74) is 2.13. The summed E-state index contributed by atoms with van der Waals surface area (Å²) < 4.78 is 6.42. The van der Waals surface area contributed by atoms with Gasteiger partial charge >= 0.3 is 5.97 Å². The molecule has 0 aliphatic rings. The number of hydrogen-bond donors (Lipinski definition) is 1. The molecule has 3 aromatic rings. The number of H-pyrrole nitrogens is 1. The van der Waals surface area contributed by atoms with Gasteiger partial charge in [0.05, 0.1) is 23.4 Å². The van der Waals surface area contributed by atoms with Crippen LogP contribution >= 0.6 is 22.9 Å². The largest absolute Gasteiger partial charge is 0.462 e. The Morgan fingerprint density at radius 3 is 2.69 bits per heavy atom. The summed E-state index contributed by atoms with van der Waals surface area (Å²) in [5.74, 6) is -0.490. The van der Waals surface area contributed by atoms with Gasteiger partial charge < -0.3 is 4.74 Å². The fourth-order valence-electron chi connectivity index (χ4n) is 2.72. The van der Waals surface area contributed by atoms with Crippen LogP contribution in [0, 0.1) is 25.2 Å². The van der Waals surface area contributed by atoms with E-state index in [2.05, 4.69) is 16.2 Å². The lowest BCUT2D eigenvalue weighted by Gasteiger charge is -2.00. The predicted molar refractivity (Wildman–Crippen MR) is 113 cm³/mol. The number of aryl methyl sites for hydroxylation is 1. The number of carbonyl (C=O) groups excluding carboxylic acids is 1. The lowest BCUT2D eigenvalue weighted by molar-refractivity contribution is 0.0531. The van der Waals surface area contributed by atoms with Gasteiger partial charge in [0.2, 0.25) is 0 Å². The smallest absolute Gasteiger partial charge is 0.348 e. The van der Waals surface area contributed by atoms with Gasteiger partial charge in [-0.25, -0.2) is 14.5 Å². The van der Waals surface area contributed by atoms with Crippen molar-refractivity contribution in [3.05, 3.63) is 66.9 Å². The summed E-state index contributed by atoms with van der Waals surface area (Å²) in [7, 11) is 0. The molecule has 2 aromatic heterocycles. The van der Waals surface area contributed by atoms with E-state index in [9.17, 15) is 14.9 Å². The number of carbonyl (C=O) groups is 1. The molecule has 1 aromatic carbocycles. The first-order chi connectivity index (χ1) is 13.9. The third kappa shape index (κ3) is 4.01. The number of thiophene rings is 1. The van der Waals surface area contributed by atoms with E-state index in [1.807, 2.05) is 0 Å². The first kappa shape index (κ1) is 20.6. The van der Waals surface area contributed by atoms with Crippen LogP contribution in [0.2, 0.25) is 5.02 Å². The third-order valence-corrected chi connectivity index (χ3v) is 5.65. The Morgan fingerprint density at radius 2 is 2.07 bits per heavy atom. The van der Waals surface area contributed by atoms with Gasteiger partial charge in [-0.2, -0.15) is 5.26 Å². The van der Waals surface area contributed by atoms with E-state index >= 15 is 0 Å². The minimum atomic E-state index is -0.490. The third-order valence-electron chi connectivity index (χ3n) is 4.21. The second-order valence-corrected chi connectivity index (χ2v) is 7.53. The molecule has 0 amide bonds. The minimum Gasteiger partial charge on any atom is -0.462 e. The maximum atomic E-state index is 12.8. The van der Waals surface area contributed by atoms with Crippen LogP contribution < -0.4 is 5.56 Å². The molecule has 0 radical (unpaired) electrons. The average molecular weight is 429 g/mol. The van der Waals surface area contributed by atoms with Crippen molar-refractivity contribution in [1.82, 2.24) is 9.78 Å². The topological polar surface area (TPSA) is 100 Å². The molecule has 0 saturated carbocycles. The number of hydrogen-bond acceptors (Lipinski definition) is 6. The molecule has 0 atom stereocenters. The molecule has 0 saturated heterocycles. The summed E-state index contributed by atoms with van der Waals surface area (Å²) in [6.45, 7) is 5.38. The molecule has 2 heterocycles. The van der Waals surface area contributed by atoms with Gasteiger partial charge in [0.25, 0.3) is 5.56 Å². The van der Waals surface area contributed by atoms with E-state index in [1.165, 1.54) is 10.9 Å². The van der Waals surface area contributed by atoms with Crippen LogP contribution in [0.25, 0.3) is 5.69 Å². The van der Waals surface area contributed by atoms with Crippen molar-refractivity contribution in [2.75, 3.05) is 6.61 Å². The maximum Gasteiger partial charge on any atom is 0.348 e. The Bertz CT molecular complexity index is 1200. The van der Waals surface area contributed by atoms with Crippen molar-refractivity contribution >= 4 is 40.1 Å². The number of nitriles is 1. The van der Waals surface area contributed by atoms with Crippen molar-refractivity contribution in [2.24, 2.45) is 4.99 Å². The molecular weight excluding hydrogens is 412 g/mol. The number of benzene rings is 1. The summed E-state index contributed by atoms with van der Waals surface area (Å²) in [4.78, 5) is 29.5. The number of aromatic nitrogens is 2. The molecule has 0 aliphatic carbocycles. The van der Waals surface area contributed by atoms with Crippen LogP contribution in [0.15, 0.2) is 34.1 Å². The van der Waals surface area contributed by atoms with Gasteiger partial charge in [-0.15, -0.1) is 11.3 Å². The number of nitrogens with one attached hydrogen (secondary N) is 1. The van der Waals surface area contributed by atoms with E-state index < -0.39 is 5.97 Å². The van der Waals surface area contributed by atoms with Crippen molar-refractivity contribution in [1.29, 1.82) is 5.26 Å². The number of ether oxygens (including phenoxy) is 1. The van der Waals surface area contributed by atoms with Crippen LogP contribution in [0.4, 0.5) is 5.00 Å². The van der Waals surface area contributed by atoms with Crippen molar-refractivity contribution in [3.63, 3.8) is 0 Å². The van der Waals surface area contributed by atoms with Gasteiger partial charge in [-0.1, -0.05) is 11.6 Å². The quantitative estimate of drug-likeness (QED) is 0.483. The summed E-state index contributed by atoms with van der Waals surface area (Å²) in [5, 5.41) is 13.4. The molecule has 0 unspecified atom stereocenters. The molecular formula is C20H17ClN4O3S. The van der Waals surface area contributed by atoms with E-state index in [0.29, 0.717) is 43.0 Å². The molecule has 0 spiro atoms. The molecule has 1 N–H and O–H groups in total. The average Bonchev–Trinajstić information content (AvgIpc) is 3.16. The maximum absolute atomic E-state index is 12.8. The Kier molecular flexibility index (Phi) is 6.01. The molecule has 9 heteroatoms. The number of aromatic amines is 1. The normalized spacial score (nSPS) is 11.0. The molecule has 29 heavy (non-hydrogen) atoms. The Hall–Kier alpha value is -3.15. The van der Waals surface area contributed by atoms with Crippen LogP contribution in [0.3, 0.4) is 0 Å². The zero-order chi connectivity index (χ0) is 21.1. The van der Waals surface area contributed by atoms with Crippen molar-refractivity contribution < 1.29 is 9.53 Å². The second kappa shape index (κ2) is 8.47. The zero-order valence-corrected chi connectivity index (χ0v) is 17.5. The van der Waals surface area contributed by atoms with Crippen LogP contribution in [0.1, 0.15) is 39.0 Å². The predicted octanol–water partition coefficient (Wildman–Crippen LogP) is 4.30. The minimum absolute atomic E-state index is 0.240. The molecule has 3 rings (SSSR count). The Labute approximate surface area is 175 Å². The fourth-order valence-corrected chi connectivity index (χ4v) is 3.84. The number of aliphatic imine (C=N–C) groups is 1. The van der Waals surface area contributed by atoms with Crippen LogP contribution in [0.5, 0.6) is 0 Å². The Morgan fingerprint density at radius 1 is 1.38 bits per heavy atom. The first-order valence-corrected chi connectivity index (χ1v) is 9.89. The standard InChI is InChI=1S/C20H17ClN4O3S/c1-4-28-20(27)17-11(2)15(9-22)18(29-17)23-10-16-12(3)24-25(19(16)26)14-7-5-13(21)6-8-14/h5-8,10,24H,4H2,1-3H3. The van der Waals surface area contributed by atoms with Gasteiger partial charge in [0.1, 0.15) is 15.9 Å². The van der Waals surface area contributed by atoms with Gasteiger partial charge in [-0.3, -0.25) is 9.89 Å². The molecule has 0 bridgehead atoms. The van der Waals surface area contributed by atoms with Crippen molar-refractivity contribution in [3.8, 4) is 11.8 Å². The summed E-state index contributed by atoms with van der Waals surface area (Å²) in [6, 6.07) is 8.90. The highest BCUT2D eigenvalue weighted by molar-refractivity contribution is 7.18. The summed E-state index contributed by atoms with van der Waals surface area (Å²) >= 11 is 6.97. The Balaban J connectivity index is 2.00. The van der Waals surface area contributed by atoms with Crippen LogP contribution in [-0.2, 0) is 4.74 Å². The number of rotatable bonds is 5. The van der Waals surface area contributed by atoms with Gasteiger partial charge in [0, 0.05) is 16.9 Å². The monoisotopic (exact) mass is 428 g/mol. The SMILES string of the molecule is CCOC(=O)c1sc(N=Cc2c(C)[nH]n(-c3ccc(Cl)cc3)c2=O)c(C#N)c1C. The number of halogens is 1. The highest BCUT2D eigenvalue weighted by Crippen LogP contribution is 2.35. The summed E-state index contributed by atoms with van der Waals surface area (Å²) in [6.07, 6.45) is 1.40. The van der Waals surface area contributed by atoms with E-state index in [1.54, 1.807) is 45.0 Å². The van der Waals surface area contributed by atoms with E-state index in [4.69, 9.17) is 16.3 Å². The first-order valence-electron chi connectivity index (χ1n) is 8.69. The fraction of sp³-hybridized carbons (Fsp3) is 0.200. The molecule has 0 fully saturated rings.